The predicted molar refractivity (Wildman–Crippen MR) is 123 cm³/mol. The molecule has 0 spiro atoms. The van der Waals surface area contributed by atoms with E-state index in [1.54, 1.807) is 53.4 Å². The standard InChI is InChI=1S/C21H19Cl2N5O2S/c22-14-4-6-16(7-5-14)25-21(30)28-10-8-13(9-11-28)19-26-27-20(31-19)18(29)24-17-3-1-2-15(23)12-17/h1-7,12-13H,8-11H2,(H,24,29)(H,25,30). The Morgan fingerprint density at radius 1 is 0.935 bits per heavy atom. The van der Waals surface area contributed by atoms with Crippen LogP contribution >= 0.6 is 34.5 Å². The fourth-order valence-electron chi connectivity index (χ4n) is 3.31. The molecule has 0 radical (unpaired) electrons. The first-order valence-corrected chi connectivity index (χ1v) is 11.3. The van der Waals surface area contributed by atoms with E-state index in [0.717, 1.165) is 17.8 Å². The largest absolute Gasteiger partial charge is 0.324 e. The van der Waals surface area contributed by atoms with Gasteiger partial charge in [-0.05, 0) is 55.3 Å². The first-order chi connectivity index (χ1) is 15.0. The number of hydrogen-bond donors (Lipinski definition) is 2. The van der Waals surface area contributed by atoms with Crippen LogP contribution in [0.2, 0.25) is 10.0 Å². The van der Waals surface area contributed by atoms with Crippen LogP contribution in [0.5, 0.6) is 0 Å². The van der Waals surface area contributed by atoms with Gasteiger partial charge in [-0.1, -0.05) is 40.6 Å². The lowest BCUT2D eigenvalue weighted by molar-refractivity contribution is 0.102. The van der Waals surface area contributed by atoms with Gasteiger partial charge in [0.05, 0.1) is 0 Å². The van der Waals surface area contributed by atoms with E-state index in [4.69, 9.17) is 23.2 Å². The summed E-state index contributed by atoms with van der Waals surface area (Å²) in [5, 5.41) is 16.2. The van der Waals surface area contributed by atoms with Crippen molar-refractivity contribution in [1.29, 1.82) is 0 Å². The molecule has 31 heavy (non-hydrogen) atoms. The minimum atomic E-state index is -0.314. The third kappa shape index (κ3) is 5.52. The van der Waals surface area contributed by atoms with Crippen LogP contribution in [0, 0.1) is 0 Å². The zero-order valence-electron chi connectivity index (χ0n) is 16.3. The van der Waals surface area contributed by atoms with Crippen molar-refractivity contribution < 1.29 is 9.59 Å². The second-order valence-corrected chi connectivity index (χ2v) is 8.99. The number of hydrogen-bond acceptors (Lipinski definition) is 5. The van der Waals surface area contributed by atoms with Crippen LogP contribution in [0.3, 0.4) is 0 Å². The van der Waals surface area contributed by atoms with E-state index in [2.05, 4.69) is 20.8 Å². The van der Waals surface area contributed by atoms with Crippen molar-refractivity contribution in [2.45, 2.75) is 18.8 Å². The van der Waals surface area contributed by atoms with Crippen LogP contribution in [0.1, 0.15) is 33.6 Å². The van der Waals surface area contributed by atoms with Crippen LogP contribution in [-0.4, -0.2) is 40.1 Å². The van der Waals surface area contributed by atoms with E-state index in [1.165, 1.54) is 11.3 Å². The Morgan fingerprint density at radius 2 is 1.68 bits per heavy atom. The number of halogens is 2. The van der Waals surface area contributed by atoms with E-state index in [0.29, 0.717) is 39.5 Å². The van der Waals surface area contributed by atoms with Gasteiger partial charge in [0.15, 0.2) is 0 Å². The number of piperidine rings is 1. The first-order valence-electron chi connectivity index (χ1n) is 9.70. The van der Waals surface area contributed by atoms with Crippen LogP contribution in [0.25, 0.3) is 0 Å². The summed E-state index contributed by atoms with van der Waals surface area (Å²) in [6.07, 6.45) is 1.52. The number of benzene rings is 2. The Hall–Kier alpha value is -2.68. The molecule has 3 amide bonds. The van der Waals surface area contributed by atoms with Crippen LogP contribution in [0.15, 0.2) is 48.5 Å². The van der Waals surface area contributed by atoms with Gasteiger partial charge in [-0.2, -0.15) is 0 Å². The topological polar surface area (TPSA) is 87.2 Å². The molecule has 2 N–H and O–H groups in total. The molecule has 0 unspecified atom stereocenters. The smallest absolute Gasteiger partial charge is 0.321 e. The van der Waals surface area contributed by atoms with Crippen LogP contribution < -0.4 is 10.6 Å². The minimum Gasteiger partial charge on any atom is -0.324 e. The summed E-state index contributed by atoms with van der Waals surface area (Å²) in [6, 6.07) is 13.8. The Balaban J connectivity index is 1.31. The number of aromatic nitrogens is 2. The third-order valence-electron chi connectivity index (χ3n) is 4.94. The van der Waals surface area contributed by atoms with Crippen LogP contribution in [0.4, 0.5) is 16.2 Å². The molecule has 10 heteroatoms. The number of urea groups is 1. The molecule has 1 saturated heterocycles. The summed E-state index contributed by atoms with van der Waals surface area (Å²) < 4.78 is 0. The van der Waals surface area contributed by atoms with E-state index in [1.807, 2.05) is 0 Å². The maximum atomic E-state index is 12.5. The molecule has 1 aliphatic rings. The van der Waals surface area contributed by atoms with Crippen molar-refractivity contribution >= 4 is 57.9 Å². The van der Waals surface area contributed by atoms with Gasteiger partial charge in [-0.3, -0.25) is 4.79 Å². The molecule has 160 valence electrons. The quantitative estimate of drug-likeness (QED) is 0.520. The molecule has 0 bridgehead atoms. The van der Waals surface area contributed by atoms with Crippen molar-refractivity contribution in [3.05, 3.63) is 68.6 Å². The third-order valence-corrected chi connectivity index (χ3v) is 6.52. The fraction of sp³-hybridized carbons (Fsp3) is 0.238. The molecule has 1 fully saturated rings. The SMILES string of the molecule is O=C(Nc1cccc(Cl)c1)c1nnc(C2CCN(C(=O)Nc3ccc(Cl)cc3)CC2)s1. The number of nitrogens with one attached hydrogen (secondary N) is 2. The Bertz CT molecular complexity index is 1080. The summed E-state index contributed by atoms with van der Waals surface area (Å²) in [6.45, 7) is 1.21. The number of amides is 3. The Labute approximate surface area is 193 Å². The van der Waals surface area contributed by atoms with Gasteiger partial charge in [0.25, 0.3) is 5.91 Å². The predicted octanol–water partition coefficient (Wildman–Crippen LogP) is 5.51. The maximum absolute atomic E-state index is 12.5. The first kappa shape index (κ1) is 21.5. The van der Waals surface area contributed by atoms with E-state index >= 15 is 0 Å². The molecule has 3 aromatic rings. The van der Waals surface area contributed by atoms with Gasteiger partial charge in [0, 0.05) is 40.4 Å². The second kappa shape index (κ2) is 9.64. The molecule has 2 heterocycles. The van der Waals surface area contributed by atoms with E-state index < -0.39 is 0 Å². The normalized spacial score (nSPS) is 14.3. The van der Waals surface area contributed by atoms with Crippen molar-refractivity contribution in [2.75, 3.05) is 23.7 Å². The number of rotatable bonds is 4. The van der Waals surface area contributed by atoms with E-state index in [9.17, 15) is 9.59 Å². The van der Waals surface area contributed by atoms with Gasteiger partial charge in [0.1, 0.15) is 5.01 Å². The molecule has 1 aromatic heterocycles. The lowest BCUT2D eigenvalue weighted by Crippen LogP contribution is -2.40. The van der Waals surface area contributed by atoms with Gasteiger partial charge in [-0.15, -0.1) is 10.2 Å². The van der Waals surface area contributed by atoms with E-state index in [-0.39, 0.29) is 17.9 Å². The lowest BCUT2D eigenvalue weighted by Gasteiger charge is -2.30. The highest BCUT2D eigenvalue weighted by atomic mass is 35.5. The highest BCUT2D eigenvalue weighted by Gasteiger charge is 2.27. The summed E-state index contributed by atoms with van der Waals surface area (Å²) >= 11 is 13.1. The molecular formula is C21H19Cl2N5O2S. The zero-order chi connectivity index (χ0) is 21.8. The number of nitrogens with zero attached hydrogens (tertiary/aromatic N) is 3. The molecule has 7 nitrogen and oxygen atoms in total. The number of likely N-dealkylation sites (tertiary alicyclic amines) is 1. The van der Waals surface area contributed by atoms with Crippen molar-refractivity contribution in [2.24, 2.45) is 0 Å². The second-order valence-electron chi connectivity index (χ2n) is 7.11. The van der Waals surface area contributed by atoms with Crippen LogP contribution in [-0.2, 0) is 0 Å². The van der Waals surface area contributed by atoms with Gasteiger partial charge in [-0.25, -0.2) is 4.79 Å². The highest BCUT2D eigenvalue weighted by Crippen LogP contribution is 2.30. The maximum Gasteiger partial charge on any atom is 0.321 e. The fourth-order valence-corrected chi connectivity index (χ4v) is 4.53. The van der Waals surface area contributed by atoms with Gasteiger partial charge in [0.2, 0.25) is 5.01 Å². The molecule has 0 aliphatic carbocycles. The molecule has 1 aliphatic heterocycles. The Kier molecular flexibility index (Phi) is 6.70. The average molecular weight is 476 g/mol. The highest BCUT2D eigenvalue weighted by molar-refractivity contribution is 7.13. The zero-order valence-corrected chi connectivity index (χ0v) is 18.7. The monoisotopic (exact) mass is 475 g/mol. The molecule has 0 saturated carbocycles. The Morgan fingerprint density at radius 3 is 2.39 bits per heavy atom. The number of anilines is 2. The minimum absolute atomic E-state index is 0.139. The average Bonchev–Trinajstić information content (AvgIpc) is 3.26. The van der Waals surface area contributed by atoms with Crippen molar-refractivity contribution in [1.82, 2.24) is 15.1 Å². The summed E-state index contributed by atoms with van der Waals surface area (Å²) in [5.41, 5.74) is 1.31. The van der Waals surface area contributed by atoms with Gasteiger partial charge < -0.3 is 15.5 Å². The van der Waals surface area contributed by atoms with Crippen molar-refractivity contribution in [3.8, 4) is 0 Å². The van der Waals surface area contributed by atoms with Gasteiger partial charge >= 0.3 is 6.03 Å². The molecule has 2 aromatic carbocycles. The lowest BCUT2D eigenvalue weighted by atomic mass is 9.98. The van der Waals surface area contributed by atoms with Crippen molar-refractivity contribution in [3.63, 3.8) is 0 Å². The summed E-state index contributed by atoms with van der Waals surface area (Å²) in [4.78, 5) is 26.7. The molecular weight excluding hydrogens is 457 g/mol. The summed E-state index contributed by atoms with van der Waals surface area (Å²) in [5.74, 6) is -0.143. The number of carbonyl (C=O) groups excluding carboxylic acids is 2. The number of carbonyl (C=O) groups is 2. The molecule has 4 rings (SSSR count). The molecule has 0 atom stereocenters. The summed E-state index contributed by atoms with van der Waals surface area (Å²) in [7, 11) is 0.